The molecule has 3 aromatic carbocycles. The monoisotopic (exact) mass is 433 g/mol. The number of anilines is 2. The second kappa shape index (κ2) is 10.9. The van der Waals surface area contributed by atoms with Gasteiger partial charge in [-0.05, 0) is 67.2 Å². The smallest absolute Gasteiger partial charge is 0.257 e. The molecule has 0 aliphatic carbocycles. The number of benzene rings is 3. The molecule has 0 aliphatic heterocycles. The molecule has 0 radical (unpaired) electrons. The summed E-state index contributed by atoms with van der Waals surface area (Å²) in [6.45, 7) is 2.65. The van der Waals surface area contributed by atoms with Crippen molar-refractivity contribution >= 4 is 40.5 Å². The normalized spacial score (nSPS) is 10.1. The van der Waals surface area contributed by atoms with Crippen LogP contribution in [0.2, 0.25) is 0 Å². The number of nitrogens with one attached hydrogen (secondary N) is 3. The van der Waals surface area contributed by atoms with E-state index in [9.17, 15) is 9.59 Å². The average molecular weight is 434 g/mol. The number of hydrogen-bond donors (Lipinski definition) is 3. The summed E-state index contributed by atoms with van der Waals surface area (Å²) in [6.07, 6.45) is 0.910. The van der Waals surface area contributed by atoms with Gasteiger partial charge >= 0.3 is 0 Å². The van der Waals surface area contributed by atoms with E-state index in [4.69, 9.17) is 17.0 Å². The first-order valence-corrected chi connectivity index (χ1v) is 10.3. The zero-order valence-electron chi connectivity index (χ0n) is 17.1. The van der Waals surface area contributed by atoms with Crippen molar-refractivity contribution in [3.8, 4) is 5.75 Å². The summed E-state index contributed by atoms with van der Waals surface area (Å²) < 4.78 is 5.52. The Balaban J connectivity index is 1.63. The van der Waals surface area contributed by atoms with Gasteiger partial charge in [-0.15, -0.1) is 0 Å². The van der Waals surface area contributed by atoms with Crippen molar-refractivity contribution in [2.24, 2.45) is 0 Å². The first kappa shape index (κ1) is 22.0. The summed E-state index contributed by atoms with van der Waals surface area (Å²) >= 11 is 5.27. The highest BCUT2D eigenvalue weighted by Crippen LogP contribution is 2.18. The highest BCUT2D eigenvalue weighted by atomic mass is 32.1. The SMILES string of the molecule is CCCOc1ccc(C(=O)NC(=S)Nc2ccccc2C(=O)Nc2ccccc2)cc1. The Morgan fingerprint density at radius 2 is 1.52 bits per heavy atom. The Morgan fingerprint density at radius 3 is 2.23 bits per heavy atom. The van der Waals surface area contributed by atoms with Crippen LogP contribution in [-0.2, 0) is 0 Å². The molecule has 3 aromatic rings. The van der Waals surface area contributed by atoms with Crippen LogP contribution >= 0.6 is 12.2 Å². The third-order valence-electron chi connectivity index (χ3n) is 4.27. The van der Waals surface area contributed by atoms with Crippen LogP contribution in [0.4, 0.5) is 11.4 Å². The fourth-order valence-electron chi connectivity index (χ4n) is 2.76. The molecule has 0 heterocycles. The number of ether oxygens (including phenoxy) is 1. The molecule has 158 valence electrons. The molecule has 0 atom stereocenters. The van der Waals surface area contributed by atoms with E-state index in [-0.39, 0.29) is 16.9 Å². The summed E-state index contributed by atoms with van der Waals surface area (Å²) in [5, 5.41) is 8.49. The summed E-state index contributed by atoms with van der Waals surface area (Å²) in [7, 11) is 0. The molecular weight excluding hydrogens is 410 g/mol. The van der Waals surface area contributed by atoms with Crippen LogP contribution in [-0.4, -0.2) is 23.5 Å². The lowest BCUT2D eigenvalue weighted by atomic mass is 10.1. The van der Waals surface area contributed by atoms with Crippen LogP contribution in [0.25, 0.3) is 0 Å². The summed E-state index contributed by atoms with van der Waals surface area (Å²) in [6, 6.07) is 22.9. The van der Waals surface area contributed by atoms with Gasteiger partial charge in [0.25, 0.3) is 11.8 Å². The molecule has 3 rings (SSSR count). The van der Waals surface area contributed by atoms with Gasteiger partial charge < -0.3 is 15.4 Å². The van der Waals surface area contributed by atoms with Gasteiger partial charge in [0, 0.05) is 11.3 Å². The standard InChI is InChI=1S/C24H23N3O3S/c1-2-16-30-19-14-12-17(13-15-19)22(28)27-24(31)26-21-11-7-6-10-20(21)23(29)25-18-8-4-3-5-9-18/h3-15H,2,16H2,1H3,(H,25,29)(H2,26,27,28,31). The predicted octanol–water partition coefficient (Wildman–Crippen LogP) is 4.85. The van der Waals surface area contributed by atoms with E-state index in [2.05, 4.69) is 16.0 Å². The van der Waals surface area contributed by atoms with E-state index >= 15 is 0 Å². The number of carbonyl (C=O) groups is 2. The number of para-hydroxylation sites is 2. The zero-order chi connectivity index (χ0) is 22.1. The quantitative estimate of drug-likeness (QED) is 0.464. The van der Waals surface area contributed by atoms with Crippen molar-refractivity contribution in [2.75, 3.05) is 17.2 Å². The summed E-state index contributed by atoms with van der Waals surface area (Å²) in [4.78, 5) is 25.1. The number of hydrogen-bond acceptors (Lipinski definition) is 4. The second-order valence-electron chi connectivity index (χ2n) is 6.65. The third kappa shape index (κ3) is 6.38. The lowest BCUT2D eigenvalue weighted by molar-refractivity contribution is 0.0976. The van der Waals surface area contributed by atoms with Crippen molar-refractivity contribution in [3.05, 3.63) is 90.0 Å². The average Bonchev–Trinajstić information content (AvgIpc) is 2.79. The van der Waals surface area contributed by atoms with Crippen molar-refractivity contribution in [3.63, 3.8) is 0 Å². The first-order valence-electron chi connectivity index (χ1n) is 9.87. The number of rotatable bonds is 7. The van der Waals surface area contributed by atoms with Gasteiger partial charge in [-0.2, -0.15) is 0 Å². The number of amides is 2. The molecule has 6 nitrogen and oxygen atoms in total. The molecule has 0 aromatic heterocycles. The topological polar surface area (TPSA) is 79.5 Å². The minimum atomic E-state index is -0.356. The van der Waals surface area contributed by atoms with Crippen molar-refractivity contribution < 1.29 is 14.3 Å². The van der Waals surface area contributed by atoms with Crippen LogP contribution in [0.3, 0.4) is 0 Å². The number of carbonyl (C=O) groups excluding carboxylic acids is 2. The Kier molecular flexibility index (Phi) is 7.73. The fourth-order valence-corrected chi connectivity index (χ4v) is 2.96. The minimum absolute atomic E-state index is 0.0938. The molecule has 0 saturated carbocycles. The lowest BCUT2D eigenvalue weighted by Gasteiger charge is -2.14. The van der Waals surface area contributed by atoms with E-state index in [1.54, 1.807) is 60.7 Å². The van der Waals surface area contributed by atoms with Crippen molar-refractivity contribution in [2.45, 2.75) is 13.3 Å². The van der Waals surface area contributed by atoms with Crippen LogP contribution < -0.4 is 20.7 Å². The Morgan fingerprint density at radius 1 is 0.839 bits per heavy atom. The molecule has 0 bridgehead atoms. The Labute approximate surface area is 186 Å². The minimum Gasteiger partial charge on any atom is -0.494 e. The van der Waals surface area contributed by atoms with Crippen LogP contribution in [0, 0.1) is 0 Å². The van der Waals surface area contributed by atoms with E-state index < -0.39 is 0 Å². The predicted molar refractivity (Wildman–Crippen MR) is 127 cm³/mol. The molecule has 0 fully saturated rings. The molecular formula is C24H23N3O3S. The van der Waals surface area contributed by atoms with Gasteiger partial charge in [-0.25, -0.2) is 0 Å². The Hall–Kier alpha value is -3.71. The largest absolute Gasteiger partial charge is 0.494 e. The maximum atomic E-state index is 12.7. The van der Waals surface area contributed by atoms with Gasteiger partial charge in [-0.3, -0.25) is 14.9 Å². The maximum absolute atomic E-state index is 12.7. The van der Waals surface area contributed by atoms with Crippen LogP contribution in [0.5, 0.6) is 5.75 Å². The zero-order valence-corrected chi connectivity index (χ0v) is 17.9. The molecule has 7 heteroatoms. The van der Waals surface area contributed by atoms with Gasteiger partial charge in [-0.1, -0.05) is 37.3 Å². The molecule has 3 N–H and O–H groups in total. The summed E-state index contributed by atoms with van der Waals surface area (Å²) in [5.74, 6) is 0.0642. The number of thiocarbonyl (C=S) groups is 1. The van der Waals surface area contributed by atoms with E-state index in [0.29, 0.717) is 34.9 Å². The van der Waals surface area contributed by atoms with E-state index in [0.717, 1.165) is 6.42 Å². The van der Waals surface area contributed by atoms with Crippen molar-refractivity contribution in [1.82, 2.24) is 5.32 Å². The maximum Gasteiger partial charge on any atom is 0.257 e. The summed E-state index contributed by atoms with van der Waals surface area (Å²) in [5.41, 5.74) is 2.03. The lowest BCUT2D eigenvalue weighted by Crippen LogP contribution is -2.34. The Bertz CT molecular complexity index is 1050. The molecule has 0 saturated heterocycles. The van der Waals surface area contributed by atoms with Gasteiger partial charge in [0.05, 0.1) is 17.9 Å². The van der Waals surface area contributed by atoms with Gasteiger partial charge in [0.1, 0.15) is 5.75 Å². The first-order chi connectivity index (χ1) is 15.1. The molecule has 0 spiro atoms. The molecule has 2 amide bonds. The fraction of sp³-hybridized carbons (Fsp3) is 0.125. The highest BCUT2D eigenvalue weighted by molar-refractivity contribution is 7.80. The van der Waals surface area contributed by atoms with Crippen LogP contribution in [0.15, 0.2) is 78.9 Å². The third-order valence-corrected chi connectivity index (χ3v) is 4.47. The van der Waals surface area contributed by atoms with Crippen molar-refractivity contribution in [1.29, 1.82) is 0 Å². The van der Waals surface area contributed by atoms with Gasteiger partial charge in [0.15, 0.2) is 5.11 Å². The molecule has 0 unspecified atom stereocenters. The highest BCUT2D eigenvalue weighted by Gasteiger charge is 2.14. The molecule has 31 heavy (non-hydrogen) atoms. The second-order valence-corrected chi connectivity index (χ2v) is 7.06. The van der Waals surface area contributed by atoms with E-state index in [1.807, 2.05) is 25.1 Å². The van der Waals surface area contributed by atoms with E-state index in [1.165, 1.54) is 0 Å². The van der Waals surface area contributed by atoms with Crippen LogP contribution in [0.1, 0.15) is 34.1 Å². The molecule has 0 aliphatic rings. The van der Waals surface area contributed by atoms with Gasteiger partial charge in [0.2, 0.25) is 0 Å².